The fraction of sp³-hybridized carbons (Fsp3) is 0.600. The first-order valence-corrected chi connectivity index (χ1v) is 9.98. The smallest absolute Gasteiger partial charge is 0.325 e. The normalized spacial score (nSPS) is 16.4. The van der Waals surface area contributed by atoms with Crippen LogP contribution in [0.5, 0.6) is 11.5 Å². The predicted molar refractivity (Wildman–Crippen MR) is 116 cm³/mol. The zero-order chi connectivity index (χ0) is 20.4. The Morgan fingerprint density at radius 3 is 2.52 bits per heavy atom. The summed E-state index contributed by atoms with van der Waals surface area (Å²) in [5.41, 5.74) is 0.538. The van der Waals surface area contributed by atoms with E-state index >= 15 is 0 Å². The summed E-state index contributed by atoms with van der Waals surface area (Å²) in [7, 11) is 0. The van der Waals surface area contributed by atoms with E-state index in [1.54, 1.807) is 18.2 Å². The Balaban J connectivity index is 0.00000420. The largest absolute Gasteiger partial charge is 0.490 e. The molecular formula is C20H33ClN4O4. The molecule has 1 aliphatic heterocycles. The molecule has 164 valence electrons. The van der Waals surface area contributed by atoms with Crippen molar-refractivity contribution in [2.75, 3.05) is 44.7 Å². The SMILES string of the molecule is CCCOc1ccc(NC(=O)NC(=O)CN2CCNC[C@H]2C)cc1OCCC.Cl. The average Bonchev–Trinajstić information content (AvgIpc) is 2.67. The molecule has 3 amide bonds. The Kier molecular flexibility index (Phi) is 11.4. The zero-order valence-corrected chi connectivity index (χ0v) is 18.3. The minimum Gasteiger partial charge on any atom is -0.490 e. The first-order chi connectivity index (χ1) is 13.5. The van der Waals surface area contributed by atoms with Gasteiger partial charge in [0.15, 0.2) is 11.5 Å². The molecule has 2 rings (SSSR count). The number of anilines is 1. The van der Waals surface area contributed by atoms with Crippen LogP contribution in [-0.4, -0.2) is 62.3 Å². The van der Waals surface area contributed by atoms with Gasteiger partial charge in [-0.25, -0.2) is 4.79 Å². The van der Waals surface area contributed by atoms with Crippen LogP contribution in [0.1, 0.15) is 33.6 Å². The van der Waals surface area contributed by atoms with E-state index < -0.39 is 6.03 Å². The standard InChI is InChI=1S/C20H32N4O4.ClH/c1-4-10-27-17-7-6-16(12-18(17)28-11-5-2)22-20(26)23-19(25)14-24-9-8-21-13-15(24)3;/h6-7,12,15,21H,4-5,8-11,13-14H2,1-3H3,(H2,22,23,25,26);1H/t15-;/m1./s1. The van der Waals surface area contributed by atoms with Crippen molar-refractivity contribution in [3.05, 3.63) is 18.2 Å². The summed E-state index contributed by atoms with van der Waals surface area (Å²) >= 11 is 0. The first kappa shape index (κ1) is 25.0. The van der Waals surface area contributed by atoms with Gasteiger partial charge in [0.05, 0.1) is 19.8 Å². The Morgan fingerprint density at radius 2 is 1.86 bits per heavy atom. The van der Waals surface area contributed by atoms with Crippen LogP contribution in [0.2, 0.25) is 0 Å². The van der Waals surface area contributed by atoms with Gasteiger partial charge in [0.1, 0.15) is 0 Å². The summed E-state index contributed by atoms with van der Waals surface area (Å²) in [6, 6.07) is 4.91. The number of ether oxygens (including phenoxy) is 2. The highest BCUT2D eigenvalue weighted by Gasteiger charge is 2.21. The Labute approximate surface area is 179 Å². The second kappa shape index (κ2) is 13.2. The summed E-state index contributed by atoms with van der Waals surface area (Å²) in [5, 5.41) is 8.34. The molecule has 1 saturated heterocycles. The van der Waals surface area contributed by atoms with Crippen molar-refractivity contribution >= 4 is 30.0 Å². The Morgan fingerprint density at radius 1 is 1.17 bits per heavy atom. The van der Waals surface area contributed by atoms with Crippen LogP contribution in [0.15, 0.2) is 18.2 Å². The third kappa shape index (κ3) is 8.47. The molecule has 1 aliphatic rings. The van der Waals surface area contributed by atoms with Gasteiger partial charge in [-0.3, -0.25) is 15.0 Å². The fourth-order valence-electron chi connectivity index (χ4n) is 2.87. The number of urea groups is 1. The number of carbonyl (C=O) groups is 2. The quantitative estimate of drug-likeness (QED) is 0.560. The topological polar surface area (TPSA) is 91.9 Å². The molecule has 8 nitrogen and oxygen atoms in total. The molecule has 0 aliphatic carbocycles. The number of carbonyl (C=O) groups excluding carboxylic acids is 2. The van der Waals surface area contributed by atoms with Crippen LogP contribution < -0.4 is 25.4 Å². The van der Waals surface area contributed by atoms with Gasteiger partial charge >= 0.3 is 6.03 Å². The lowest BCUT2D eigenvalue weighted by atomic mass is 10.2. The third-order valence-corrected chi connectivity index (χ3v) is 4.36. The molecule has 0 unspecified atom stereocenters. The number of nitrogens with zero attached hydrogens (tertiary/aromatic N) is 1. The molecule has 1 heterocycles. The molecule has 0 aromatic heterocycles. The Hall–Kier alpha value is -2.03. The maximum atomic E-state index is 12.2. The molecule has 1 aromatic rings. The van der Waals surface area contributed by atoms with Crippen LogP contribution in [0.3, 0.4) is 0 Å². The number of rotatable bonds is 9. The molecule has 0 spiro atoms. The molecule has 0 saturated carbocycles. The summed E-state index contributed by atoms with van der Waals surface area (Å²) in [4.78, 5) is 26.4. The van der Waals surface area contributed by atoms with E-state index in [2.05, 4.69) is 27.8 Å². The van der Waals surface area contributed by atoms with Gasteiger partial charge in [-0.05, 0) is 31.9 Å². The third-order valence-electron chi connectivity index (χ3n) is 4.36. The van der Waals surface area contributed by atoms with Crippen molar-refractivity contribution in [3.8, 4) is 11.5 Å². The van der Waals surface area contributed by atoms with Gasteiger partial charge in [-0.1, -0.05) is 13.8 Å². The lowest BCUT2D eigenvalue weighted by Crippen LogP contribution is -2.53. The van der Waals surface area contributed by atoms with E-state index in [9.17, 15) is 9.59 Å². The molecule has 0 bridgehead atoms. The molecule has 1 fully saturated rings. The number of nitrogens with one attached hydrogen (secondary N) is 3. The molecular weight excluding hydrogens is 396 g/mol. The van der Waals surface area contributed by atoms with E-state index in [-0.39, 0.29) is 30.9 Å². The van der Waals surface area contributed by atoms with E-state index in [1.165, 1.54) is 0 Å². The lowest BCUT2D eigenvalue weighted by molar-refractivity contribution is -0.121. The summed E-state index contributed by atoms with van der Waals surface area (Å²) < 4.78 is 11.4. The van der Waals surface area contributed by atoms with Crippen LogP contribution in [0.4, 0.5) is 10.5 Å². The Bertz CT molecular complexity index is 659. The summed E-state index contributed by atoms with van der Waals surface area (Å²) in [6.45, 7) is 9.92. The number of halogens is 1. The van der Waals surface area contributed by atoms with Gasteiger partial charge in [-0.2, -0.15) is 0 Å². The number of hydrogen-bond donors (Lipinski definition) is 3. The first-order valence-electron chi connectivity index (χ1n) is 9.98. The second-order valence-electron chi connectivity index (χ2n) is 6.88. The van der Waals surface area contributed by atoms with E-state index in [0.717, 1.165) is 32.5 Å². The number of hydrogen-bond acceptors (Lipinski definition) is 6. The van der Waals surface area contributed by atoms with Crippen LogP contribution >= 0.6 is 12.4 Å². The summed E-state index contributed by atoms with van der Waals surface area (Å²) in [6.07, 6.45) is 1.76. The van der Waals surface area contributed by atoms with Crippen molar-refractivity contribution in [3.63, 3.8) is 0 Å². The number of benzene rings is 1. The number of amides is 3. The van der Waals surface area contributed by atoms with Crippen molar-refractivity contribution < 1.29 is 19.1 Å². The van der Waals surface area contributed by atoms with Gasteiger partial charge in [0.25, 0.3) is 0 Å². The van der Waals surface area contributed by atoms with E-state index in [4.69, 9.17) is 9.47 Å². The number of imide groups is 1. The highest BCUT2D eigenvalue weighted by Crippen LogP contribution is 2.30. The summed E-state index contributed by atoms with van der Waals surface area (Å²) in [5.74, 6) is 0.899. The molecule has 1 aromatic carbocycles. The highest BCUT2D eigenvalue weighted by molar-refractivity contribution is 6.01. The van der Waals surface area contributed by atoms with Gasteiger partial charge in [0, 0.05) is 37.4 Å². The van der Waals surface area contributed by atoms with Crippen LogP contribution in [0.25, 0.3) is 0 Å². The van der Waals surface area contributed by atoms with E-state index in [1.807, 2.05) is 13.8 Å². The highest BCUT2D eigenvalue weighted by atomic mass is 35.5. The van der Waals surface area contributed by atoms with E-state index in [0.29, 0.717) is 30.4 Å². The fourth-order valence-corrected chi connectivity index (χ4v) is 2.87. The predicted octanol–water partition coefficient (Wildman–Crippen LogP) is 2.63. The van der Waals surface area contributed by atoms with Gasteiger partial charge in [0.2, 0.25) is 5.91 Å². The minimum atomic E-state index is -0.559. The maximum absolute atomic E-state index is 12.2. The van der Waals surface area contributed by atoms with Gasteiger partial charge in [-0.15, -0.1) is 12.4 Å². The van der Waals surface area contributed by atoms with Crippen molar-refractivity contribution in [1.29, 1.82) is 0 Å². The molecule has 1 atom stereocenters. The van der Waals surface area contributed by atoms with Crippen LogP contribution in [-0.2, 0) is 4.79 Å². The lowest BCUT2D eigenvalue weighted by Gasteiger charge is -2.33. The molecule has 3 N–H and O–H groups in total. The van der Waals surface area contributed by atoms with Crippen molar-refractivity contribution in [2.24, 2.45) is 0 Å². The maximum Gasteiger partial charge on any atom is 0.325 e. The average molecular weight is 429 g/mol. The van der Waals surface area contributed by atoms with Crippen molar-refractivity contribution in [2.45, 2.75) is 39.7 Å². The van der Waals surface area contributed by atoms with Crippen LogP contribution in [0, 0.1) is 0 Å². The molecule has 29 heavy (non-hydrogen) atoms. The number of piperazine rings is 1. The van der Waals surface area contributed by atoms with Gasteiger partial charge < -0.3 is 20.1 Å². The minimum absolute atomic E-state index is 0. The molecule has 0 radical (unpaired) electrons. The molecule has 9 heteroatoms. The zero-order valence-electron chi connectivity index (χ0n) is 17.5. The second-order valence-corrected chi connectivity index (χ2v) is 6.88. The monoisotopic (exact) mass is 428 g/mol. The van der Waals surface area contributed by atoms with Crippen molar-refractivity contribution in [1.82, 2.24) is 15.5 Å².